The number of aldehydes is 1. The van der Waals surface area contributed by atoms with E-state index in [-0.39, 0.29) is 4.83 Å². The molecule has 2 aromatic heterocycles. The Morgan fingerprint density at radius 2 is 2.11 bits per heavy atom. The molecule has 0 amide bonds. The molecule has 0 radical (unpaired) electrons. The molecule has 4 heteroatoms. The molecule has 1 unspecified atom stereocenters. The standard InChI is InChI=1S/C14H11BrN2O/c1-8-2-4-10-11-6-9(12(15)7-18)3-5-13(11)17-14(10)16-8/h2-7,12H,1H3,(H,16,17). The van der Waals surface area contributed by atoms with Gasteiger partial charge in [-0.1, -0.05) is 22.0 Å². The summed E-state index contributed by atoms with van der Waals surface area (Å²) < 4.78 is 0. The van der Waals surface area contributed by atoms with Crippen molar-refractivity contribution in [2.75, 3.05) is 0 Å². The summed E-state index contributed by atoms with van der Waals surface area (Å²) in [6.45, 7) is 1.97. The van der Waals surface area contributed by atoms with Gasteiger partial charge in [-0.25, -0.2) is 4.98 Å². The maximum atomic E-state index is 10.8. The second-order valence-corrected chi connectivity index (χ2v) is 5.30. The number of benzene rings is 1. The Labute approximate surface area is 112 Å². The van der Waals surface area contributed by atoms with Crippen LogP contribution in [0.2, 0.25) is 0 Å². The summed E-state index contributed by atoms with van der Waals surface area (Å²) in [6, 6.07) is 10.0. The second kappa shape index (κ2) is 4.21. The normalized spacial score (nSPS) is 13.0. The number of hydrogen-bond donors (Lipinski definition) is 1. The van der Waals surface area contributed by atoms with Gasteiger partial charge in [0.1, 0.15) is 11.9 Å². The van der Waals surface area contributed by atoms with Gasteiger partial charge in [0.15, 0.2) is 0 Å². The predicted molar refractivity (Wildman–Crippen MR) is 76.1 cm³/mol. The lowest BCUT2D eigenvalue weighted by atomic mass is 10.1. The zero-order valence-corrected chi connectivity index (χ0v) is 11.4. The average Bonchev–Trinajstić information content (AvgIpc) is 2.74. The van der Waals surface area contributed by atoms with E-state index in [2.05, 4.69) is 32.0 Å². The van der Waals surface area contributed by atoms with Crippen molar-refractivity contribution in [3.63, 3.8) is 0 Å². The van der Waals surface area contributed by atoms with E-state index in [9.17, 15) is 4.79 Å². The number of halogens is 1. The first-order chi connectivity index (χ1) is 8.69. The number of hydrogen-bond acceptors (Lipinski definition) is 2. The van der Waals surface area contributed by atoms with E-state index >= 15 is 0 Å². The molecule has 0 spiro atoms. The van der Waals surface area contributed by atoms with E-state index < -0.39 is 0 Å². The van der Waals surface area contributed by atoms with E-state index in [4.69, 9.17) is 0 Å². The third-order valence-electron chi connectivity index (χ3n) is 3.06. The molecule has 3 nitrogen and oxygen atoms in total. The van der Waals surface area contributed by atoms with Gasteiger partial charge in [0.05, 0.1) is 4.83 Å². The Bertz CT molecular complexity index is 748. The minimum Gasteiger partial charge on any atom is -0.339 e. The molecular weight excluding hydrogens is 292 g/mol. The monoisotopic (exact) mass is 302 g/mol. The highest BCUT2D eigenvalue weighted by Gasteiger charge is 2.10. The number of nitrogens with one attached hydrogen (secondary N) is 1. The number of rotatable bonds is 2. The summed E-state index contributed by atoms with van der Waals surface area (Å²) in [5.74, 6) is 0. The molecule has 1 N–H and O–H groups in total. The van der Waals surface area contributed by atoms with Gasteiger partial charge < -0.3 is 9.78 Å². The zero-order valence-electron chi connectivity index (χ0n) is 9.77. The van der Waals surface area contributed by atoms with Gasteiger partial charge in [-0.3, -0.25) is 0 Å². The average molecular weight is 303 g/mol. The fourth-order valence-corrected chi connectivity index (χ4v) is 2.43. The Morgan fingerprint density at radius 1 is 1.28 bits per heavy atom. The number of aryl methyl sites for hydroxylation is 1. The molecule has 0 saturated heterocycles. The molecule has 0 bridgehead atoms. The summed E-state index contributed by atoms with van der Waals surface area (Å²) in [6.07, 6.45) is 0.887. The highest BCUT2D eigenvalue weighted by molar-refractivity contribution is 9.09. The van der Waals surface area contributed by atoms with E-state index in [1.807, 2.05) is 31.2 Å². The predicted octanol–water partition coefficient (Wildman–Crippen LogP) is 3.66. The smallest absolute Gasteiger partial charge is 0.138 e. The molecule has 18 heavy (non-hydrogen) atoms. The number of alkyl halides is 1. The summed E-state index contributed by atoms with van der Waals surface area (Å²) in [4.78, 5) is 18.3. The first-order valence-electron chi connectivity index (χ1n) is 5.67. The van der Waals surface area contributed by atoms with E-state index in [0.29, 0.717) is 0 Å². The maximum Gasteiger partial charge on any atom is 0.138 e. The van der Waals surface area contributed by atoms with Crippen LogP contribution in [0.1, 0.15) is 16.1 Å². The fraction of sp³-hybridized carbons (Fsp3) is 0.143. The maximum absolute atomic E-state index is 10.8. The van der Waals surface area contributed by atoms with Gasteiger partial charge >= 0.3 is 0 Å². The van der Waals surface area contributed by atoms with Crippen molar-refractivity contribution in [3.8, 4) is 0 Å². The molecule has 1 aromatic carbocycles. The lowest BCUT2D eigenvalue weighted by Gasteiger charge is -2.02. The largest absolute Gasteiger partial charge is 0.339 e. The molecule has 0 saturated carbocycles. The van der Waals surface area contributed by atoms with Crippen molar-refractivity contribution in [1.29, 1.82) is 0 Å². The first-order valence-corrected chi connectivity index (χ1v) is 6.59. The topological polar surface area (TPSA) is 45.8 Å². The van der Waals surface area contributed by atoms with Crippen LogP contribution in [0.4, 0.5) is 0 Å². The van der Waals surface area contributed by atoms with Crippen molar-refractivity contribution in [3.05, 3.63) is 41.6 Å². The molecule has 1 atom stereocenters. The number of aromatic nitrogens is 2. The fourth-order valence-electron chi connectivity index (χ4n) is 2.14. The number of nitrogens with zero attached hydrogens (tertiary/aromatic N) is 1. The molecule has 2 heterocycles. The number of pyridine rings is 1. The van der Waals surface area contributed by atoms with E-state index in [1.54, 1.807) is 0 Å². The first kappa shape index (κ1) is 11.4. The highest BCUT2D eigenvalue weighted by atomic mass is 79.9. The van der Waals surface area contributed by atoms with Gasteiger partial charge in [0.25, 0.3) is 0 Å². The van der Waals surface area contributed by atoms with Crippen LogP contribution in [0.15, 0.2) is 30.3 Å². The summed E-state index contributed by atoms with van der Waals surface area (Å²) in [7, 11) is 0. The minimum absolute atomic E-state index is 0.259. The third kappa shape index (κ3) is 1.73. The van der Waals surface area contributed by atoms with Gasteiger partial charge in [-0.05, 0) is 36.8 Å². The highest BCUT2D eigenvalue weighted by Crippen LogP contribution is 2.29. The van der Waals surface area contributed by atoms with Crippen LogP contribution in [-0.4, -0.2) is 16.3 Å². The third-order valence-corrected chi connectivity index (χ3v) is 3.80. The van der Waals surface area contributed by atoms with Crippen molar-refractivity contribution >= 4 is 44.2 Å². The number of carbonyl (C=O) groups excluding carboxylic acids is 1. The van der Waals surface area contributed by atoms with Crippen molar-refractivity contribution in [1.82, 2.24) is 9.97 Å². The molecule has 0 fully saturated rings. The molecule has 3 rings (SSSR count). The summed E-state index contributed by atoms with van der Waals surface area (Å²) >= 11 is 3.34. The number of carbonyl (C=O) groups is 1. The Kier molecular flexibility index (Phi) is 2.67. The molecular formula is C14H11BrN2O. The summed E-state index contributed by atoms with van der Waals surface area (Å²) in [5.41, 5.74) is 3.87. The number of H-pyrrole nitrogens is 1. The van der Waals surface area contributed by atoms with Crippen molar-refractivity contribution in [2.45, 2.75) is 11.8 Å². The Balaban J connectivity index is 2.32. The second-order valence-electron chi connectivity index (χ2n) is 4.32. The minimum atomic E-state index is -0.259. The SMILES string of the molecule is Cc1ccc2c(n1)[nH]c1ccc(C(Br)C=O)cc12. The van der Waals surface area contributed by atoms with Crippen LogP contribution < -0.4 is 0 Å². The van der Waals surface area contributed by atoms with Gasteiger partial charge in [0, 0.05) is 22.0 Å². The number of aromatic amines is 1. The van der Waals surface area contributed by atoms with E-state index in [1.165, 1.54) is 0 Å². The van der Waals surface area contributed by atoms with Crippen LogP contribution in [0, 0.1) is 6.92 Å². The quantitative estimate of drug-likeness (QED) is 0.580. The van der Waals surface area contributed by atoms with Crippen LogP contribution in [0.3, 0.4) is 0 Å². The van der Waals surface area contributed by atoms with Crippen LogP contribution in [0.5, 0.6) is 0 Å². The molecule has 0 aliphatic rings. The van der Waals surface area contributed by atoms with Crippen LogP contribution in [-0.2, 0) is 4.79 Å². The van der Waals surface area contributed by atoms with E-state index in [0.717, 1.165) is 39.5 Å². The van der Waals surface area contributed by atoms with Crippen LogP contribution in [0.25, 0.3) is 21.9 Å². The lowest BCUT2D eigenvalue weighted by Crippen LogP contribution is -1.89. The van der Waals surface area contributed by atoms with Gasteiger partial charge in [-0.15, -0.1) is 0 Å². The van der Waals surface area contributed by atoms with Crippen molar-refractivity contribution < 1.29 is 4.79 Å². The van der Waals surface area contributed by atoms with Crippen LogP contribution >= 0.6 is 15.9 Å². The van der Waals surface area contributed by atoms with Gasteiger partial charge in [0.2, 0.25) is 0 Å². The summed E-state index contributed by atoms with van der Waals surface area (Å²) in [5, 5.41) is 2.18. The van der Waals surface area contributed by atoms with Gasteiger partial charge in [-0.2, -0.15) is 0 Å². The molecule has 3 aromatic rings. The Morgan fingerprint density at radius 3 is 2.89 bits per heavy atom. The Hall–Kier alpha value is -1.68. The molecule has 0 aliphatic carbocycles. The lowest BCUT2D eigenvalue weighted by molar-refractivity contribution is -0.107. The zero-order chi connectivity index (χ0) is 12.7. The number of fused-ring (bicyclic) bond motifs is 3. The van der Waals surface area contributed by atoms with Crippen molar-refractivity contribution in [2.24, 2.45) is 0 Å². The molecule has 90 valence electrons. The molecule has 0 aliphatic heterocycles.